The number of nitrogen functional groups attached to an aromatic ring is 1. The van der Waals surface area contributed by atoms with Gasteiger partial charge < -0.3 is 15.8 Å². The third kappa shape index (κ3) is 4.16. The van der Waals surface area contributed by atoms with E-state index in [2.05, 4.69) is 20.7 Å². The number of anilines is 2. The summed E-state index contributed by atoms with van der Waals surface area (Å²) in [5.74, 6) is 7.39. The first-order chi connectivity index (χ1) is 7.97. The predicted octanol–water partition coefficient (Wildman–Crippen LogP) is 0.854. The van der Waals surface area contributed by atoms with E-state index in [1.807, 2.05) is 20.8 Å². The molecule has 17 heavy (non-hydrogen) atoms. The van der Waals surface area contributed by atoms with E-state index in [0.717, 1.165) is 5.82 Å². The number of hydrogen-bond donors (Lipinski definition) is 4. The maximum absolute atomic E-state index is 8.72. The average molecular weight is 239 g/mol. The minimum absolute atomic E-state index is 0.139. The largest absolute Gasteiger partial charge is 0.396 e. The van der Waals surface area contributed by atoms with Crippen LogP contribution in [0.25, 0.3) is 0 Å². The minimum atomic E-state index is -0.139. The summed E-state index contributed by atoms with van der Waals surface area (Å²) in [6, 6.07) is 1.74. The Morgan fingerprint density at radius 2 is 1.94 bits per heavy atom. The molecule has 0 amide bonds. The molecule has 0 saturated heterocycles. The SMILES string of the molecule is CC(C)(C)c1nc(NN)cc(NCCCO)n1. The van der Waals surface area contributed by atoms with Gasteiger partial charge in [-0.3, -0.25) is 0 Å². The van der Waals surface area contributed by atoms with Crippen molar-refractivity contribution in [2.45, 2.75) is 32.6 Å². The van der Waals surface area contributed by atoms with Crippen LogP contribution >= 0.6 is 0 Å². The van der Waals surface area contributed by atoms with Crippen LogP contribution in [0.1, 0.15) is 33.0 Å². The molecule has 0 saturated carbocycles. The van der Waals surface area contributed by atoms with Crippen molar-refractivity contribution in [1.82, 2.24) is 9.97 Å². The summed E-state index contributed by atoms with van der Waals surface area (Å²) < 4.78 is 0. The number of nitrogens with one attached hydrogen (secondary N) is 2. The van der Waals surface area contributed by atoms with Crippen molar-refractivity contribution in [3.8, 4) is 0 Å². The molecule has 96 valence electrons. The highest BCUT2D eigenvalue weighted by atomic mass is 16.3. The molecular weight excluding hydrogens is 218 g/mol. The number of nitrogens with zero attached hydrogens (tertiary/aromatic N) is 2. The molecule has 0 radical (unpaired) electrons. The number of nitrogens with two attached hydrogens (primary N) is 1. The molecule has 0 aliphatic rings. The fourth-order valence-corrected chi connectivity index (χ4v) is 1.24. The van der Waals surface area contributed by atoms with Gasteiger partial charge in [0.2, 0.25) is 0 Å². The van der Waals surface area contributed by atoms with Gasteiger partial charge in [-0.2, -0.15) is 0 Å². The first kappa shape index (κ1) is 13.7. The van der Waals surface area contributed by atoms with E-state index in [0.29, 0.717) is 24.6 Å². The van der Waals surface area contributed by atoms with Gasteiger partial charge >= 0.3 is 0 Å². The number of rotatable bonds is 5. The van der Waals surface area contributed by atoms with Gasteiger partial charge in [-0.1, -0.05) is 20.8 Å². The maximum Gasteiger partial charge on any atom is 0.145 e. The van der Waals surface area contributed by atoms with Crippen molar-refractivity contribution >= 4 is 11.6 Å². The molecular formula is C11H21N5O. The molecule has 0 atom stereocenters. The second-order valence-electron chi connectivity index (χ2n) is 4.86. The lowest BCUT2D eigenvalue weighted by atomic mass is 9.96. The highest BCUT2D eigenvalue weighted by Gasteiger charge is 2.18. The van der Waals surface area contributed by atoms with E-state index < -0.39 is 0 Å². The first-order valence-corrected chi connectivity index (χ1v) is 5.68. The van der Waals surface area contributed by atoms with Gasteiger partial charge in [-0.05, 0) is 6.42 Å². The van der Waals surface area contributed by atoms with Crippen LogP contribution in [0.2, 0.25) is 0 Å². The van der Waals surface area contributed by atoms with Crippen molar-refractivity contribution in [1.29, 1.82) is 0 Å². The van der Waals surface area contributed by atoms with E-state index in [-0.39, 0.29) is 12.0 Å². The Morgan fingerprint density at radius 3 is 2.47 bits per heavy atom. The second-order valence-corrected chi connectivity index (χ2v) is 4.86. The minimum Gasteiger partial charge on any atom is -0.396 e. The number of hydrogen-bond acceptors (Lipinski definition) is 6. The number of aromatic nitrogens is 2. The van der Waals surface area contributed by atoms with Crippen LogP contribution in [-0.4, -0.2) is 28.2 Å². The lowest BCUT2D eigenvalue weighted by Gasteiger charge is -2.18. The fourth-order valence-electron chi connectivity index (χ4n) is 1.24. The number of hydrazine groups is 1. The zero-order valence-corrected chi connectivity index (χ0v) is 10.6. The Balaban J connectivity index is 2.89. The zero-order valence-electron chi connectivity index (χ0n) is 10.6. The molecule has 5 N–H and O–H groups in total. The van der Waals surface area contributed by atoms with Gasteiger partial charge in [0.1, 0.15) is 17.5 Å². The summed E-state index contributed by atoms with van der Waals surface area (Å²) in [5.41, 5.74) is 2.39. The predicted molar refractivity (Wildman–Crippen MR) is 68.7 cm³/mol. The van der Waals surface area contributed by atoms with Crippen LogP contribution < -0.4 is 16.6 Å². The molecule has 0 spiro atoms. The van der Waals surface area contributed by atoms with Crippen molar-refractivity contribution in [3.05, 3.63) is 11.9 Å². The summed E-state index contributed by atoms with van der Waals surface area (Å²) in [6.45, 7) is 6.95. The molecule has 0 aliphatic heterocycles. The fraction of sp³-hybridized carbons (Fsp3) is 0.636. The summed E-state index contributed by atoms with van der Waals surface area (Å²) in [5, 5.41) is 11.8. The van der Waals surface area contributed by atoms with Crippen molar-refractivity contribution in [2.75, 3.05) is 23.9 Å². The zero-order chi connectivity index (χ0) is 12.9. The summed E-state index contributed by atoms with van der Waals surface area (Å²) in [4.78, 5) is 8.74. The normalized spacial score (nSPS) is 11.4. The molecule has 0 aliphatic carbocycles. The molecule has 0 bridgehead atoms. The molecule has 0 unspecified atom stereocenters. The Morgan fingerprint density at radius 1 is 1.29 bits per heavy atom. The molecule has 1 aromatic heterocycles. The topological polar surface area (TPSA) is 96.1 Å². The molecule has 1 rings (SSSR count). The Labute approximate surface area is 102 Å². The van der Waals surface area contributed by atoms with Crippen molar-refractivity contribution in [3.63, 3.8) is 0 Å². The quantitative estimate of drug-likeness (QED) is 0.346. The molecule has 1 heterocycles. The molecule has 0 fully saturated rings. The van der Waals surface area contributed by atoms with E-state index in [1.165, 1.54) is 0 Å². The molecule has 6 heteroatoms. The summed E-state index contributed by atoms with van der Waals surface area (Å²) in [7, 11) is 0. The van der Waals surface area contributed by atoms with Gasteiger partial charge in [-0.15, -0.1) is 0 Å². The van der Waals surface area contributed by atoms with Crippen LogP contribution in [0, 0.1) is 0 Å². The van der Waals surface area contributed by atoms with Crippen molar-refractivity contribution < 1.29 is 5.11 Å². The van der Waals surface area contributed by atoms with Gasteiger partial charge in [0, 0.05) is 24.6 Å². The van der Waals surface area contributed by atoms with Gasteiger partial charge in [0.05, 0.1) is 0 Å². The molecule has 0 aromatic carbocycles. The Bertz CT molecular complexity index is 361. The third-order valence-electron chi connectivity index (χ3n) is 2.19. The highest BCUT2D eigenvalue weighted by molar-refractivity contribution is 5.47. The van der Waals surface area contributed by atoms with E-state index in [4.69, 9.17) is 10.9 Å². The lowest BCUT2D eigenvalue weighted by molar-refractivity contribution is 0.292. The van der Waals surface area contributed by atoms with E-state index in [9.17, 15) is 0 Å². The van der Waals surface area contributed by atoms with Crippen LogP contribution in [0.3, 0.4) is 0 Å². The lowest BCUT2D eigenvalue weighted by Crippen LogP contribution is -2.20. The van der Waals surface area contributed by atoms with Crippen LogP contribution in [0.15, 0.2) is 6.07 Å². The highest BCUT2D eigenvalue weighted by Crippen LogP contribution is 2.21. The monoisotopic (exact) mass is 239 g/mol. The Hall–Kier alpha value is -1.40. The maximum atomic E-state index is 8.72. The number of aliphatic hydroxyl groups excluding tert-OH is 1. The summed E-state index contributed by atoms with van der Waals surface area (Å²) in [6.07, 6.45) is 0.681. The van der Waals surface area contributed by atoms with E-state index >= 15 is 0 Å². The Kier molecular flexibility index (Phi) is 4.65. The van der Waals surface area contributed by atoms with Gasteiger partial charge in [-0.25, -0.2) is 15.8 Å². The second kappa shape index (κ2) is 5.79. The number of aliphatic hydroxyl groups is 1. The van der Waals surface area contributed by atoms with Crippen LogP contribution in [0.4, 0.5) is 11.6 Å². The average Bonchev–Trinajstić information content (AvgIpc) is 2.28. The van der Waals surface area contributed by atoms with Crippen LogP contribution in [0.5, 0.6) is 0 Å². The molecule has 6 nitrogen and oxygen atoms in total. The van der Waals surface area contributed by atoms with Gasteiger partial charge in [0.15, 0.2) is 0 Å². The summed E-state index contributed by atoms with van der Waals surface area (Å²) >= 11 is 0. The smallest absolute Gasteiger partial charge is 0.145 e. The first-order valence-electron chi connectivity index (χ1n) is 5.68. The van der Waals surface area contributed by atoms with Crippen LogP contribution in [-0.2, 0) is 5.41 Å². The van der Waals surface area contributed by atoms with Crippen molar-refractivity contribution in [2.24, 2.45) is 5.84 Å². The van der Waals surface area contributed by atoms with Gasteiger partial charge in [0.25, 0.3) is 0 Å². The van der Waals surface area contributed by atoms with E-state index in [1.54, 1.807) is 6.07 Å². The standard InChI is InChI=1S/C11H21N5O/c1-11(2,3)10-14-8(13-5-4-6-17)7-9(15-10)16-12/h7,17H,4-6,12H2,1-3H3,(H2,13,14,15,16). The molecule has 1 aromatic rings. The third-order valence-corrected chi connectivity index (χ3v) is 2.19.